The second-order valence-electron chi connectivity index (χ2n) is 3.88. The summed E-state index contributed by atoms with van der Waals surface area (Å²) in [5.41, 5.74) is 0.902. The number of aliphatic carboxylic acids is 1. The zero-order valence-corrected chi connectivity index (χ0v) is 9.51. The molecule has 0 fully saturated rings. The van der Waals surface area contributed by atoms with Gasteiger partial charge in [0.15, 0.2) is 11.5 Å². The minimum absolute atomic E-state index is 0.198. The Labute approximate surface area is 98.9 Å². The molecule has 1 N–H and O–H groups in total. The molecule has 0 aliphatic carbocycles. The minimum Gasteiger partial charge on any atom is -0.481 e. The van der Waals surface area contributed by atoms with Crippen LogP contribution in [0.25, 0.3) is 0 Å². The van der Waals surface area contributed by atoms with E-state index in [2.05, 4.69) is 0 Å². The number of carboxylic acid groups (broad SMARTS) is 1. The molecule has 17 heavy (non-hydrogen) atoms. The first-order valence-electron chi connectivity index (χ1n) is 5.31. The maximum atomic E-state index is 11.0. The summed E-state index contributed by atoms with van der Waals surface area (Å²) < 4.78 is 15.3. The molecule has 0 aromatic heterocycles. The van der Waals surface area contributed by atoms with Crippen LogP contribution in [-0.2, 0) is 16.0 Å². The van der Waals surface area contributed by atoms with E-state index in [-0.39, 0.29) is 13.4 Å². The summed E-state index contributed by atoms with van der Waals surface area (Å²) >= 11 is 0. The number of rotatable bonds is 5. The molecule has 1 heterocycles. The van der Waals surface area contributed by atoms with Gasteiger partial charge in [0.1, 0.15) is 0 Å². The van der Waals surface area contributed by atoms with Crippen LogP contribution in [0, 0.1) is 5.92 Å². The average molecular weight is 238 g/mol. The predicted octanol–water partition coefficient (Wildman–Crippen LogP) is 1.30. The molecule has 1 aliphatic rings. The van der Waals surface area contributed by atoms with Gasteiger partial charge in [0.25, 0.3) is 0 Å². The van der Waals surface area contributed by atoms with Crippen molar-refractivity contribution in [1.29, 1.82) is 0 Å². The van der Waals surface area contributed by atoms with Crippen molar-refractivity contribution < 1.29 is 24.1 Å². The molecule has 5 nitrogen and oxygen atoms in total. The van der Waals surface area contributed by atoms with Crippen LogP contribution >= 0.6 is 0 Å². The van der Waals surface area contributed by atoms with Gasteiger partial charge in [0.05, 0.1) is 12.5 Å². The van der Waals surface area contributed by atoms with E-state index in [1.807, 2.05) is 12.1 Å². The van der Waals surface area contributed by atoms with Gasteiger partial charge < -0.3 is 19.3 Å². The van der Waals surface area contributed by atoms with Gasteiger partial charge >= 0.3 is 5.97 Å². The van der Waals surface area contributed by atoms with Crippen LogP contribution in [-0.4, -0.2) is 31.6 Å². The van der Waals surface area contributed by atoms with Gasteiger partial charge in [-0.25, -0.2) is 0 Å². The number of carbonyl (C=O) groups is 1. The van der Waals surface area contributed by atoms with Gasteiger partial charge in [-0.2, -0.15) is 0 Å². The Morgan fingerprint density at radius 2 is 2.24 bits per heavy atom. The van der Waals surface area contributed by atoms with Gasteiger partial charge in [-0.1, -0.05) is 6.07 Å². The Bertz CT molecular complexity index is 415. The van der Waals surface area contributed by atoms with E-state index in [0.29, 0.717) is 17.9 Å². The topological polar surface area (TPSA) is 65.0 Å². The molecule has 0 saturated heterocycles. The Morgan fingerprint density at radius 1 is 1.47 bits per heavy atom. The van der Waals surface area contributed by atoms with Crippen molar-refractivity contribution in [3.8, 4) is 11.5 Å². The third-order valence-corrected chi connectivity index (χ3v) is 2.64. The van der Waals surface area contributed by atoms with Crippen molar-refractivity contribution in [2.75, 3.05) is 20.5 Å². The molecule has 1 aliphatic heterocycles. The highest BCUT2D eigenvalue weighted by Crippen LogP contribution is 2.33. The van der Waals surface area contributed by atoms with E-state index in [9.17, 15) is 4.79 Å². The molecule has 1 unspecified atom stereocenters. The summed E-state index contributed by atoms with van der Waals surface area (Å²) in [7, 11) is 1.50. The minimum atomic E-state index is -0.857. The van der Waals surface area contributed by atoms with Crippen LogP contribution in [0.1, 0.15) is 5.56 Å². The molecule has 0 spiro atoms. The SMILES string of the molecule is COCC(Cc1ccc2c(c1)OCO2)C(=O)O. The fourth-order valence-corrected chi connectivity index (χ4v) is 1.77. The molecular formula is C12H14O5. The number of fused-ring (bicyclic) bond motifs is 1. The first-order chi connectivity index (χ1) is 8.20. The normalized spacial score (nSPS) is 14.6. The summed E-state index contributed by atoms with van der Waals surface area (Å²) in [6.07, 6.45) is 0.416. The smallest absolute Gasteiger partial charge is 0.309 e. The monoisotopic (exact) mass is 238 g/mol. The molecule has 1 atom stereocenters. The third kappa shape index (κ3) is 2.68. The van der Waals surface area contributed by atoms with Gasteiger partial charge in [-0.05, 0) is 24.1 Å². The van der Waals surface area contributed by atoms with Crippen LogP contribution in [0.4, 0.5) is 0 Å². The average Bonchev–Trinajstić information content (AvgIpc) is 2.75. The fraction of sp³-hybridized carbons (Fsp3) is 0.417. The quantitative estimate of drug-likeness (QED) is 0.837. The fourth-order valence-electron chi connectivity index (χ4n) is 1.77. The van der Waals surface area contributed by atoms with Crippen LogP contribution < -0.4 is 9.47 Å². The molecule has 0 radical (unpaired) electrons. The molecule has 1 aromatic carbocycles. The standard InChI is InChI=1S/C12H14O5/c1-15-6-9(12(13)14)4-8-2-3-10-11(5-8)17-7-16-10/h2-3,5,9H,4,6-7H2,1H3,(H,13,14). The number of carboxylic acids is 1. The van der Waals surface area contributed by atoms with Crippen molar-refractivity contribution in [2.24, 2.45) is 5.92 Å². The predicted molar refractivity (Wildman–Crippen MR) is 59.3 cm³/mol. The molecule has 2 rings (SSSR count). The summed E-state index contributed by atoms with van der Waals surface area (Å²) in [5.74, 6) is -0.0266. The second-order valence-corrected chi connectivity index (χ2v) is 3.88. The third-order valence-electron chi connectivity index (χ3n) is 2.64. The van der Waals surface area contributed by atoms with Crippen LogP contribution in [0.15, 0.2) is 18.2 Å². The van der Waals surface area contributed by atoms with Crippen molar-refractivity contribution in [3.05, 3.63) is 23.8 Å². The molecule has 1 aromatic rings. The van der Waals surface area contributed by atoms with Crippen molar-refractivity contribution in [1.82, 2.24) is 0 Å². The van der Waals surface area contributed by atoms with Gasteiger partial charge in [-0.3, -0.25) is 4.79 Å². The van der Waals surface area contributed by atoms with Gasteiger partial charge in [0, 0.05) is 7.11 Å². The summed E-state index contributed by atoms with van der Waals surface area (Å²) in [5, 5.41) is 9.02. The molecular weight excluding hydrogens is 224 g/mol. The molecule has 0 amide bonds. The van der Waals surface area contributed by atoms with E-state index in [0.717, 1.165) is 5.56 Å². The first-order valence-corrected chi connectivity index (χ1v) is 5.31. The van der Waals surface area contributed by atoms with E-state index in [4.69, 9.17) is 19.3 Å². The lowest BCUT2D eigenvalue weighted by Gasteiger charge is -2.11. The highest BCUT2D eigenvalue weighted by molar-refractivity contribution is 5.70. The largest absolute Gasteiger partial charge is 0.481 e. The molecule has 92 valence electrons. The molecule has 5 heteroatoms. The van der Waals surface area contributed by atoms with Crippen LogP contribution in [0.2, 0.25) is 0 Å². The molecule has 0 bridgehead atoms. The van der Waals surface area contributed by atoms with Gasteiger partial charge in [-0.15, -0.1) is 0 Å². The highest BCUT2D eigenvalue weighted by atomic mass is 16.7. The lowest BCUT2D eigenvalue weighted by Crippen LogP contribution is -2.21. The van der Waals surface area contributed by atoms with Crippen LogP contribution in [0.3, 0.4) is 0 Å². The zero-order chi connectivity index (χ0) is 12.3. The van der Waals surface area contributed by atoms with E-state index in [1.165, 1.54) is 7.11 Å². The van der Waals surface area contributed by atoms with E-state index >= 15 is 0 Å². The second kappa shape index (κ2) is 5.05. The number of methoxy groups -OCH3 is 1. The van der Waals surface area contributed by atoms with Crippen molar-refractivity contribution >= 4 is 5.97 Å². The summed E-state index contributed by atoms with van der Waals surface area (Å²) in [4.78, 5) is 11.0. The number of hydrogen-bond acceptors (Lipinski definition) is 4. The Kier molecular flexibility index (Phi) is 3.49. The van der Waals surface area contributed by atoms with Gasteiger partial charge in [0.2, 0.25) is 6.79 Å². The number of benzene rings is 1. The van der Waals surface area contributed by atoms with E-state index in [1.54, 1.807) is 6.07 Å². The Hall–Kier alpha value is -1.75. The lowest BCUT2D eigenvalue weighted by atomic mass is 10.00. The number of hydrogen-bond donors (Lipinski definition) is 1. The number of ether oxygens (including phenoxy) is 3. The summed E-state index contributed by atoms with van der Waals surface area (Å²) in [6, 6.07) is 5.45. The highest BCUT2D eigenvalue weighted by Gasteiger charge is 2.20. The Balaban J connectivity index is 2.09. The first kappa shape index (κ1) is 11.7. The van der Waals surface area contributed by atoms with Crippen LogP contribution in [0.5, 0.6) is 11.5 Å². The Morgan fingerprint density at radius 3 is 2.94 bits per heavy atom. The molecule has 0 saturated carbocycles. The zero-order valence-electron chi connectivity index (χ0n) is 9.51. The lowest BCUT2D eigenvalue weighted by molar-refractivity contribution is -0.143. The van der Waals surface area contributed by atoms with Crippen molar-refractivity contribution in [2.45, 2.75) is 6.42 Å². The van der Waals surface area contributed by atoms with Crippen molar-refractivity contribution in [3.63, 3.8) is 0 Å². The maximum absolute atomic E-state index is 11.0. The van der Waals surface area contributed by atoms with E-state index < -0.39 is 11.9 Å². The maximum Gasteiger partial charge on any atom is 0.309 e. The summed E-state index contributed by atoms with van der Waals surface area (Å²) in [6.45, 7) is 0.420.